The lowest BCUT2D eigenvalue weighted by atomic mass is 9.87. The largest absolute Gasteiger partial charge is 0.367 e. The van der Waals surface area contributed by atoms with Gasteiger partial charge in [0.2, 0.25) is 0 Å². The number of imidazole rings is 1. The minimum absolute atomic E-state index is 0.167. The molecule has 1 N–H and O–H groups in total. The second-order valence-electron chi connectivity index (χ2n) is 8.51. The van der Waals surface area contributed by atoms with Gasteiger partial charge in [0.1, 0.15) is 11.3 Å². The fraction of sp³-hybridized carbons (Fsp3) is 0.435. The number of piperazine rings is 1. The van der Waals surface area contributed by atoms with Gasteiger partial charge >= 0.3 is 0 Å². The molecule has 4 nitrogen and oxygen atoms in total. The molecule has 1 fully saturated rings. The van der Waals surface area contributed by atoms with E-state index >= 15 is 0 Å². The molecule has 0 radical (unpaired) electrons. The van der Waals surface area contributed by atoms with Gasteiger partial charge in [0.05, 0.1) is 11.2 Å². The maximum absolute atomic E-state index is 4.98. The third-order valence-corrected chi connectivity index (χ3v) is 5.68. The Kier molecular flexibility index (Phi) is 4.68. The van der Waals surface area contributed by atoms with Crippen LogP contribution < -0.4 is 4.90 Å². The first kappa shape index (κ1) is 18.1. The van der Waals surface area contributed by atoms with Gasteiger partial charge in [0.15, 0.2) is 0 Å². The predicted octanol–water partition coefficient (Wildman–Crippen LogP) is 4.67. The summed E-state index contributed by atoms with van der Waals surface area (Å²) in [4.78, 5) is 13.5. The van der Waals surface area contributed by atoms with Crippen LogP contribution in [0.5, 0.6) is 0 Å². The molecule has 2 heterocycles. The van der Waals surface area contributed by atoms with Crippen LogP contribution >= 0.6 is 0 Å². The molecule has 0 aliphatic carbocycles. The molecule has 1 aliphatic heterocycles. The molecule has 1 aliphatic rings. The monoisotopic (exact) mass is 362 g/mol. The average molecular weight is 363 g/mol. The Morgan fingerprint density at radius 2 is 1.67 bits per heavy atom. The third-order valence-electron chi connectivity index (χ3n) is 5.68. The quantitative estimate of drug-likeness (QED) is 0.735. The van der Waals surface area contributed by atoms with Crippen molar-refractivity contribution in [2.75, 3.05) is 37.6 Å². The van der Waals surface area contributed by atoms with Crippen molar-refractivity contribution in [1.29, 1.82) is 0 Å². The van der Waals surface area contributed by atoms with Gasteiger partial charge in [-0.1, -0.05) is 58.0 Å². The van der Waals surface area contributed by atoms with Crippen LogP contribution in [-0.4, -0.2) is 47.6 Å². The van der Waals surface area contributed by atoms with E-state index in [9.17, 15) is 0 Å². The minimum Gasteiger partial charge on any atom is -0.367 e. The number of aromatic amines is 1. The van der Waals surface area contributed by atoms with Crippen molar-refractivity contribution in [1.82, 2.24) is 14.9 Å². The van der Waals surface area contributed by atoms with Gasteiger partial charge in [-0.25, -0.2) is 4.98 Å². The zero-order valence-electron chi connectivity index (χ0n) is 16.9. The van der Waals surface area contributed by atoms with Crippen molar-refractivity contribution >= 4 is 16.7 Å². The van der Waals surface area contributed by atoms with Crippen molar-refractivity contribution in [2.45, 2.75) is 33.1 Å². The number of benzene rings is 2. The number of anilines is 1. The van der Waals surface area contributed by atoms with E-state index in [-0.39, 0.29) is 5.41 Å². The summed E-state index contributed by atoms with van der Waals surface area (Å²) in [5.41, 5.74) is 6.09. The summed E-state index contributed by atoms with van der Waals surface area (Å²) >= 11 is 0. The molecule has 0 atom stereocenters. The Morgan fingerprint density at radius 1 is 0.963 bits per heavy atom. The highest BCUT2D eigenvalue weighted by molar-refractivity contribution is 5.91. The second kappa shape index (κ2) is 7.01. The fourth-order valence-electron chi connectivity index (χ4n) is 3.84. The van der Waals surface area contributed by atoms with E-state index in [0.717, 1.165) is 55.1 Å². The summed E-state index contributed by atoms with van der Waals surface area (Å²) in [7, 11) is 0. The first-order chi connectivity index (χ1) is 13.0. The van der Waals surface area contributed by atoms with Gasteiger partial charge in [-0.3, -0.25) is 0 Å². The second-order valence-corrected chi connectivity index (χ2v) is 8.51. The maximum Gasteiger partial charge on any atom is 0.138 e. The molecule has 1 saturated heterocycles. The number of aromatic nitrogens is 2. The van der Waals surface area contributed by atoms with Crippen molar-refractivity contribution in [3.63, 3.8) is 0 Å². The molecule has 142 valence electrons. The normalized spacial score (nSPS) is 16.2. The molecular weight excluding hydrogens is 332 g/mol. The Hall–Kier alpha value is -2.33. The standard InChI is InChI=1S/C23H30N4/c1-5-26-13-15-27(16-14-26)20-8-6-7-19-21(20)25-22(24-19)17-9-11-18(12-10-17)23(2,3)4/h6-12H,5,13-16H2,1-4H3,(H,24,25). The lowest BCUT2D eigenvalue weighted by molar-refractivity contribution is 0.271. The zero-order chi connectivity index (χ0) is 19.0. The number of hydrogen-bond donors (Lipinski definition) is 1. The first-order valence-electron chi connectivity index (χ1n) is 10.0. The highest BCUT2D eigenvalue weighted by Gasteiger charge is 2.19. The fourth-order valence-corrected chi connectivity index (χ4v) is 3.84. The first-order valence-corrected chi connectivity index (χ1v) is 10.0. The van der Waals surface area contributed by atoms with Crippen LogP contribution in [0.2, 0.25) is 0 Å². The van der Waals surface area contributed by atoms with Gasteiger partial charge in [0.25, 0.3) is 0 Å². The molecule has 0 unspecified atom stereocenters. The van der Waals surface area contributed by atoms with E-state index in [2.05, 4.69) is 84.9 Å². The molecular formula is C23H30N4. The van der Waals surface area contributed by atoms with Crippen LogP contribution in [0.4, 0.5) is 5.69 Å². The van der Waals surface area contributed by atoms with E-state index in [1.807, 2.05) is 0 Å². The molecule has 0 amide bonds. The van der Waals surface area contributed by atoms with Crippen LogP contribution in [0.1, 0.15) is 33.3 Å². The summed E-state index contributed by atoms with van der Waals surface area (Å²) in [5.74, 6) is 0.949. The summed E-state index contributed by atoms with van der Waals surface area (Å²) in [6.45, 7) is 14.5. The van der Waals surface area contributed by atoms with Crippen LogP contribution in [0.3, 0.4) is 0 Å². The van der Waals surface area contributed by atoms with Crippen LogP contribution in [-0.2, 0) is 5.41 Å². The molecule has 27 heavy (non-hydrogen) atoms. The number of nitrogens with zero attached hydrogens (tertiary/aromatic N) is 3. The molecule has 4 heteroatoms. The number of fused-ring (bicyclic) bond motifs is 1. The summed E-state index contributed by atoms with van der Waals surface area (Å²) < 4.78 is 0. The third kappa shape index (κ3) is 3.59. The maximum atomic E-state index is 4.98. The van der Waals surface area contributed by atoms with Crippen LogP contribution in [0.25, 0.3) is 22.4 Å². The highest BCUT2D eigenvalue weighted by Crippen LogP contribution is 2.30. The molecule has 3 aromatic rings. The van der Waals surface area contributed by atoms with Crippen LogP contribution in [0, 0.1) is 0 Å². The predicted molar refractivity (Wildman–Crippen MR) is 115 cm³/mol. The van der Waals surface area contributed by atoms with Crippen molar-refractivity contribution in [3.05, 3.63) is 48.0 Å². The molecule has 4 rings (SSSR count). The Labute approximate surface area is 162 Å². The van der Waals surface area contributed by atoms with E-state index in [1.165, 1.54) is 11.3 Å². The van der Waals surface area contributed by atoms with Crippen molar-refractivity contribution in [2.24, 2.45) is 0 Å². The summed E-state index contributed by atoms with van der Waals surface area (Å²) in [6.07, 6.45) is 0. The molecule has 2 aromatic carbocycles. The number of likely N-dealkylation sites (N-methyl/N-ethyl adjacent to an activating group) is 1. The highest BCUT2D eigenvalue weighted by atomic mass is 15.3. The summed E-state index contributed by atoms with van der Waals surface area (Å²) in [6, 6.07) is 15.3. The number of H-pyrrole nitrogens is 1. The van der Waals surface area contributed by atoms with Crippen molar-refractivity contribution < 1.29 is 0 Å². The van der Waals surface area contributed by atoms with Gasteiger partial charge in [-0.15, -0.1) is 0 Å². The molecule has 0 saturated carbocycles. The smallest absolute Gasteiger partial charge is 0.138 e. The average Bonchev–Trinajstić information content (AvgIpc) is 3.12. The molecule has 0 bridgehead atoms. The Morgan fingerprint density at radius 3 is 2.30 bits per heavy atom. The molecule has 1 aromatic heterocycles. The number of rotatable bonds is 3. The van der Waals surface area contributed by atoms with Gasteiger partial charge in [-0.05, 0) is 29.7 Å². The van der Waals surface area contributed by atoms with Crippen molar-refractivity contribution in [3.8, 4) is 11.4 Å². The summed E-state index contributed by atoms with van der Waals surface area (Å²) in [5, 5.41) is 0. The van der Waals surface area contributed by atoms with Crippen LogP contribution in [0.15, 0.2) is 42.5 Å². The number of hydrogen-bond acceptors (Lipinski definition) is 3. The van der Waals surface area contributed by atoms with E-state index < -0.39 is 0 Å². The zero-order valence-corrected chi connectivity index (χ0v) is 16.9. The van der Waals surface area contributed by atoms with E-state index in [4.69, 9.17) is 4.98 Å². The minimum atomic E-state index is 0.167. The van der Waals surface area contributed by atoms with Gasteiger partial charge in [-0.2, -0.15) is 0 Å². The van der Waals surface area contributed by atoms with Gasteiger partial charge < -0.3 is 14.8 Å². The number of para-hydroxylation sites is 1. The Balaban J connectivity index is 1.65. The van der Waals surface area contributed by atoms with E-state index in [0.29, 0.717) is 0 Å². The topological polar surface area (TPSA) is 35.2 Å². The number of nitrogens with one attached hydrogen (secondary N) is 1. The Bertz CT molecular complexity index is 910. The molecule has 0 spiro atoms. The lowest BCUT2D eigenvalue weighted by Gasteiger charge is -2.35. The lowest BCUT2D eigenvalue weighted by Crippen LogP contribution is -2.46. The van der Waals surface area contributed by atoms with E-state index in [1.54, 1.807) is 0 Å². The van der Waals surface area contributed by atoms with Gasteiger partial charge in [0, 0.05) is 31.7 Å². The SMILES string of the molecule is CCN1CCN(c2cccc3[nH]c(-c4ccc(C(C)(C)C)cc4)nc23)CC1.